The average Bonchev–Trinajstić information content (AvgIpc) is 2.75. The van der Waals surface area contributed by atoms with Gasteiger partial charge >= 0.3 is 10.1 Å². The maximum absolute atomic E-state index is 11.0. The minimum atomic E-state index is -3.71. The molecule has 2 aliphatic rings. The first-order chi connectivity index (χ1) is 9.85. The van der Waals surface area contributed by atoms with E-state index in [1.807, 2.05) is 0 Å². The summed E-state index contributed by atoms with van der Waals surface area (Å²) in [6.07, 6.45) is 4.50. The van der Waals surface area contributed by atoms with Crippen LogP contribution >= 0.6 is 11.6 Å². The summed E-state index contributed by atoms with van der Waals surface area (Å²) in [5.74, 6) is -0.674. The van der Waals surface area contributed by atoms with E-state index in [2.05, 4.69) is 9.44 Å². The number of rotatable bonds is 5. The van der Waals surface area contributed by atoms with Gasteiger partial charge in [-0.25, -0.2) is 0 Å². The highest BCUT2D eigenvalue weighted by atomic mass is 35.5. The topological polar surface area (TPSA) is 83.4 Å². The molecule has 7 nitrogen and oxygen atoms in total. The quantitative estimate of drug-likeness (QED) is 0.558. The van der Waals surface area contributed by atoms with Crippen LogP contribution in [0, 0.1) is 0 Å². The smallest absolute Gasteiger partial charge is 0.325 e. The molecule has 1 saturated carbocycles. The lowest BCUT2D eigenvalue weighted by atomic mass is 9.94. The number of hydrogen-bond donors (Lipinski definition) is 0. The van der Waals surface area contributed by atoms with Crippen LogP contribution in [0.1, 0.15) is 32.1 Å². The summed E-state index contributed by atoms with van der Waals surface area (Å²) in [5.41, 5.74) is 0. The first-order valence-corrected chi connectivity index (χ1v) is 9.01. The molecule has 122 valence electrons. The van der Waals surface area contributed by atoms with Crippen molar-refractivity contribution in [3.63, 3.8) is 0 Å². The molecule has 2 fully saturated rings. The van der Waals surface area contributed by atoms with Crippen LogP contribution in [0.5, 0.6) is 0 Å². The fraction of sp³-hybridized carbons (Fsp3) is 0.917. The predicted octanol–water partition coefficient (Wildman–Crippen LogP) is 1.61. The molecule has 0 unspecified atom stereocenters. The van der Waals surface area contributed by atoms with Gasteiger partial charge in [-0.2, -0.15) is 8.42 Å². The predicted molar refractivity (Wildman–Crippen MR) is 76.7 cm³/mol. The second-order valence-electron chi connectivity index (χ2n) is 5.31. The number of oxime groups is 1. The van der Waals surface area contributed by atoms with Crippen LogP contribution in [0.2, 0.25) is 0 Å². The Morgan fingerprint density at radius 1 is 1.33 bits per heavy atom. The number of nitrogens with zero attached hydrogens (tertiary/aromatic N) is 1. The van der Waals surface area contributed by atoms with Crippen molar-refractivity contribution in [3.8, 4) is 0 Å². The van der Waals surface area contributed by atoms with Gasteiger partial charge in [0.1, 0.15) is 12.2 Å². The molecule has 1 aliphatic carbocycles. The van der Waals surface area contributed by atoms with E-state index >= 15 is 0 Å². The van der Waals surface area contributed by atoms with Crippen LogP contribution in [-0.4, -0.2) is 51.6 Å². The molecule has 1 saturated heterocycles. The number of hydrogen-bond acceptors (Lipinski definition) is 7. The Bertz CT molecular complexity index is 488. The largest absolute Gasteiger partial charge is 0.382 e. The molecule has 2 atom stereocenters. The third-order valence-corrected chi connectivity index (χ3v) is 4.12. The Morgan fingerprint density at radius 3 is 2.57 bits per heavy atom. The van der Waals surface area contributed by atoms with Gasteiger partial charge in [-0.15, -0.1) is 0 Å². The molecule has 0 amide bonds. The average molecular weight is 342 g/mol. The van der Waals surface area contributed by atoms with Gasteiger partial charge in [0, 0.05) is 20.0 Å². The maximum atomic E-state index is 11.0. The Balaban J connectivity index is 2.11. The zero-order chi connectivity index (χ0) is 15.5. The Kier molecular flexibility index (Phi) is 5.48. The van der Waals surface area contributed by atoms with Gasteiger partial charge in [-0.3, -0.25) is 4.28 Å². The lowest BCUT2D eigenvalue weighted by molar-refractivity contribution is -0.193. The second kappa shape index (κ2) is 6.78. The molecule has 1 aliphatic heterocycles. The maximum Gasteiger partial charge on any atom is 0.325 e. The second-order valence-corrected chi connectivity index (χ2v) is 7.26. The summed E-state index contributed by atoms with van der Waals surface area (Å²) < 4.78 is 43.3. The normalized spacial score (nSPS) is 29.8. The first kappa shape index (κ1) is 17.0. The highest BCUT2D eigenvalue weighted by Crippen LogP contribution is 2.41. The number of ether oxygens (including phenoxy) is 3. The highest BCUT2D eigenvalue weighted by molar-refractivity contribution is 7.85. The summed E-state index contributed by atoms with van der Waals surface area (Å²) in [6.45, 7) is 0.275. The van der Waals surface area contributed by atoms with Gasteiger partial charge in [-0.1, -0.05) is 23.2 Å². The van der Waals surface area contributed by atoms with Crippen molar-refractivity contribution >= 4 is 26.9 Å². The molecule has 1 heterocycles. The van der Waals surface area contributed by atoms with Crippen LogP contribution in [0.15, 0.2) is 5.16 Å². The van der Waals surface area contributed by atoms with Gasteiger partial charge in [0.2, 0.25) is 0 Å². The van der Waals surface area contributed by atoms with Crippen molar-refractivity contribution in [3.05, 3.63) is 0 Å². The van der Waals surface area contributed by atoms with Crippen molar-refractivity contribution in [2.24, 2.45) is 5.16 Å². The SMILES string of the molecule is COC[C@@H]1OC2(CCCCC2)O[C@H]1/C(Cl)=N/OS(C)(=O)=O. The molecule has 0 aromatic carbocycles. The van der Waals surface area contributed by atoms with Gasteiger partial charge in [0.25, 0.3) is 0 Å². The van der Waals surface area contributed by atoms with E-state index in [4.69, 9.17) is 25.8 Å². The van der Waals surface area contributed by atoms with Gasteiger partial charge < -0.3 is 14.2 Å². The van der Waals surface area contributed by atoms with E-state index in [1.165, 1.54) is 0 Å². The minimum absolute atomic E-state index is 0.0927. The minimum Gasteiger partial charge on any atom is -0.382 e. The number of methoxy groups -OCH3 is 1. The van der Waals surface area contributed by atoms with E-state index in [0.29, 0.717) is 0 Å². The lowest BCUT2D eigenvalue weighted by Crippen LogP contribution is -2.34. The zero-order valence-electron chi connectivity index (χ0n) is 12.1. The molecule has 21 heavy (non-hydrogen) atoms. The summed E-state index contributed by atoms with van der Waals surface area (Å²) in [7, 11) is -2.17. The van der Waals surface area contributed by atoms with E-state index < -0.39 is 28.1 Å². The Morgan fingerprint density at radius 2 is 2.00 bits per heavy atom. The fourth-order valence-corrected chi connectivity index (χ4v) is 3.12. The molecule has 0 aromatic rings. The van der Waals surface area contributed by atoms with Crippen molar-refractivity contribution < 1.29 is 26.9 Å². The molecule has 0 radical (unpaired) electrons. The summed E-state index contributed by atoms with van der Waals surface area (Å²) in [4.78, 5) is 0. The molecule has 2 rings (SSSR count). The third-order valence-electron chi connectivity index (χ3n) is 3.49. The van der Waals surface area contributed by atoms with Gasteiger partial charge in [-0.05, 0) is 12.8 Å². The van der Waals surface area contributed by atoms with Crippen molar-refractivity contribution in [1.82, 2.24) is 0 Å². The zero-order valence-corrected chi connectivity index (χ0v) is 13.7. The molecule has 0 bridgehead atoms. The Hall–Kier alpha value is -0.410. The van der Waals surface area contributed by atoms with Gasteiger partial charge in [0.15, 0.2) is 11.0 Å². The van der Waals surface area contributed by atoms with Crippen molar-refractivity contribution in [2.75, 3.05) is 20.0 Å². The lowest BCUT2D eigenvalue weighted by Gasteiger charge is -2.31. The summed E-state index contributed by atoms with van der Waals surface area (Å²) in [5, 5.41) is 3.33. The first-order valence-electron chi connectivity index (χ1n) is 6.82. The molecule has 9 heteroatoms. The van der Waals surface area contributed by atoms with E-state index in [0.717, 1.165) is 38.4 Å². The molecular formula is C12H20ClNO6S. The Labute approximate surface area is 129 Å². The summed E-state index contributed by atoms with van der Waals surface area (Å²) in [6, 6.07) is 0. The molecule has 0 N–H and O–H groups in total. The standard InChI is InChI=1S/C12H20ClNO6S/c1-17-8-9-10(11(13)14-20-21(2,15)16)19-12(18-9)6-4-3-5-7-12/h9-10H,3-8H2,1-2H3/b14-11-/t9-,10+/m0/s1. The van der Waals surface area contributed by atoms with Crippen molar-refractivity contribution in [1.29, 1.82) is 0 Å². The number of halogens is 1. The van der Waals surface area contributed by atoms with Crippen LogP contribution < -0.4 is 0 Å². The van der Waals surface area contributed by atoms with Crippen LogP contribution in [0.3, 0.4) is 0 Å². The highest BCUT2D eigenvalue weighted by Gasteiger charge is 2.49. The van der Waals surface area contributed by atoms with E-state index in [1.54, 1.807) is 7.11 Å². The molecular weight excluding hydrogens is 322 g/mol. The van der Waals surface area contributed by atoms with Crippen LogP contribution in [0.25, 0.3) is 0 Å². The van der Waals surface area contributed by atoms with Gasteiger partial charge in [0.05, 0.1) is 12.9 Å². The van der Waals surface area contributed by atoms with E-state index in [9.17, 15) is 8.42 Å². The van der Waals surface area contributed by atoms with Crippen molar-refractivity contribution in [2.45, 2.75) is 50.1 Å². The van der Waals surface area contributed by atoms with Crippen LogP contribution in [0.4, 0.5) is 0 Å². The monoisotopic (exact) mass is 341 g/mol. The molecule has 0 aromatic heterocycles. The van der Waals surface area contributed by atoms with Crippen LogP contribution in [-0.2, 0) is 28.6 Å². The summed E-state index contributed by atoms with van der Waals surface area (Å²) >= 11 is 6.03. The third kappa shape index (κ3) is 4.53. The van der Waals surface area contributed by atoms with E-state index in [-0.39, 0.29) is 11.8 Å². The molecule has 1 spiro atoms. The fourth-order valence-electron chi connectivity index (χ4n) is 2.64.